The van der Waals surface area contributed by atoms with E-state index in [2.05, 4.69) is 0 Å². The molecule has 2 aromatic carbocycles. The molecule has 0 atom stereocenters. The number of carbonyl (C=O) groups excluding carboxylic acids is 2. The molecule has 7 nitrogen and oxygen atoms in total. The van der Waals surface area contributed by atoms with Crippen LogP contribution in [0.5, 0.6) is 0 Å². The predicted molar refractivity (Wildman–Crippen MR) is 83.9 cm³/mol. The van der Waals surface area contributed by atoms with Gasteiger partial charge in [-0.2, -0.15) is 0 Å². The van der Waals surface area contributed by atoms with E-state index in [1.807, 2.05) is 24.3 Å². The molecule has 24 heavy (non-hydrogen) atoms. The fourth-order valence-electron chi connectivity index (χ4n) is 2.18. The number of benzene rings is 2. The summed E-state index contributed by atoms with van der Waals surface area (Å²) >= 11 is 0. The molecule has 0 amide bonds. The number of ether oxygens (including phenoxy) is 1. The smallest absolute Gasteiger partial charge is 0.433 e. The average Bonchev–Trinajstić information content (AvgIpc) is 3.09. The van der Waals surface area contributed by atoms with Crippen molar-refractivity contribution >= 4 is 28.4 Å². The van der Waals surface area contributed by atoms with E-state index in [1.54, 1.807) is 18.2 Å². The van der Waals surface area contributed by atoms with Crippen LogP contribution in [0.15, 0.2) is 59.0 Å². The lowest BCUT2D eigenvalue weighted by molar-refractivity contribution is -0.402. The van der Waals surface area contributed by atoms with Crippen molar-refractivity contribution in [3.63, 3.8) is 0 Å². The molecule has 0 bridgehead atoms. The second kappa shape index (κ2) is 6.33. The zero-order chi connectivity index (χ0) is 17.1. The monoisotopic (exact) mass is 325 g/mol. The Labute approximate surface area is 135 Å². The lowest BCUT2D eigenvalue weighted by Gasteiger charge is -2.04. The van der Waals surface area contributed by atoms with Crippen LogP contribution in [0.2, 0.25) is 0 Å². The molecule has 0 aliphatic carbocycles. The maximum atomic E-state index is 12.1. The van der Waals surface area contributed by atoms with Gasteiger partial charge in [0.15, 0.2) is 12.4 Å². The highest BCUT2D eigenvalue weighted by atomic mass is 16.7. The van der Waals surface area contributed by atoms with Crippen molar-refractivity contribution in [3.8, 4) is 0 Å². The summed E-state index contributed by atoms with van der Waals surface area (Å²) in [6.07, 6.45) is 0. The lowest BCUT2D eigenvalue weighted by atomic mass is 10.0. The van der Waals surface area contributed by atoms with Crippen molar-refractivity contribution in [1.29, 1.82) is 0 Å². The van der Waals surface area contributed by atoms with Crippen LogP contribution in [-0.2, 0) is 4.74 Å². The van der Waals surface area contributed by atoms with E-state index in [1.165, 1.54) is 0 Å². The topological polar surface area (TPSA) is 99.7 Å². The van der Waals surface area contributed by atoms with E-state index in [0.717, 1.165) is 22.9 Å². The molecule has 0 N–H and O–H groups in total. The van der Waals surface area contributed by atoms with Gasteiger partial charge in [-0.3, -0.25) is 14.9 Å². The molecular formula is C17H11NO6. The molecule has 7 heteroatoms. The number of rotatable bonds is 5. The molecule has 0 aliphatic heterocycles. The quantitative estimate of drug-likeness (QED) is 0.308. The molecule has 120 valence electrons. The number of Topliss-reactive ketones (excluding diaryl/α,β-unsaturated/α-hetero) is 1. The van der Waals surface area contributed by atoms with Crippen molar-refractivity contribution in [2.45, 2.75) is 0 Å². The summed E-state index contributed by atoms with van der Waals surface area (Å²) in [6, 6.07) is 14.9. The summed E-state index contributed by atoms with van der Waals surface area (Å²) < 4.78 is 9.56. The first-order chi connectivity index (χ1) is 11.5. The molecule has 1 heterocycles. The van der Waals surface area contributed by atoms with Crippen molar-refractivity contribution < 1.29 is 23.7 Å². The minimum absolute atomic E-state index is 0.326. The first kappa shape index (κ1) is 15.4. The van der Waals surface area contributed by atoms with E-state index in [9.17, 15) is 19.7 Å². The Morgan fingerprint density at radius 1 is 1.04 bits per heavy atom. The Kier molecular flexibility index (Phi) is 4.07. The van der Waals surface area contributed by atoms with Crippen LogP contribution in [0.1, 0.15) is 20.9 Å². The Bertz CT molecular complexity index is 943. The van der Waals surface area contributed by atoms with E-state index >= 15 is 0 Å². The first-order valence-corrected chi connectivity index (χ1v) is 6.98. The molecule has 0 saturated carbocycles. The highest BCUT2D eigenvalue weighted by Gasteiger charge is 2.19. The van der Waals surface area contributed by atoms with Gasteiger partial charge in [0.2, 0.25) is 5.76 Å². The van der Waals surface area contributed by atoms with Crippen molar-refractivity contribution in [2.24, 2.45) is 0 Å². The third-order valence-electron chi connectivity index (χ3n) is 3.38. The summed E-state index contributed by atoms with van der Waals surface area (Å²) in [5.74, 6) is -2.21. The number of furan rings is 1. The van der Waals surface area contributed by atoms with Gasteiger partial charge < -0.3 is 9.15 Å². The van der Waals surface area contributed by atoms with E-state index in [-0.39, 0.29) is 11.5 Å². The van der Waals surface area contributed by atoms with Gasteiger partial charge in [-0.25, -0.2) is 4.79 Å². The van der Waals surface area contributed by atoms with Gasteiger partial charge in [-0.05, 0) is 22.9 Å². The average molecular weight is 325 g/mol. The number of carbonyl (C=O) groups is 2. The third-order valence-corrected chi connectivity index (χ3v) is 3.38. The predicted octanol–water partition coefficient (Wildman–Crippen LogP) is 3.38. The fraction of sp³-hybridized carbons (Fsp3) is 0.0588. The Hall–Kier alpha value is -3.48. The van der Waals surface area contributed by atoms with Crippen molar-refractivity contribution in [3.05, 3.63) is 76.0 Å². The van der Waals surface area contributed by atoms with Crippen LogP contribution in [0, 0.1) is 10.1 Å². The first-order valence-electron chi connectivity index (χ1n) is 6.98. The van der Waals surface area contributed by atoms with E-state index < -0.39 is 23.4 Å². The minimum Gasteiger partial charge on any atom is -0.451 e. The second-order valence-corrected chi connectivity index (χ2v) is 4.96. The summed E-state index contributed by atoms with van der Waals surface area (Å²) in [5, 5.41) is 12.4. The molecule has 3 rings (SSSR count). The molecule has 0 radical (unpaired) electrons. The van der Waals surface area contributed by atoms with Crippen LogP contribution >= 0.6 is 0 Å². The van der Waals surface area contributed by atoms with Gasteiger partial charge in [-0.1, -0.05) is 36.4 Å². The molecule has 0 spiro atoms. The van der Waals surface area contributed by atoms with Crippen LogP contribution in [-0.4, -0.2) is 23.3 Å². The Morgan fingerprint density at radius 3 is 2.50 bits per heavy atom. The van der Waals surface area contributed by atoms with Crippen molar-refractivity contribution in [2.75, 3.05) is 6.61 Å². The van der Waals surface area contributed by atoms with Gasteiger partial charge in [-0.15, -0.1) is 0 Å². The molecule has 0 fully saturated rings. The van der Waals surface area contributed by atoms with Gasteiger partial charge in [0, 0.05) is 5.56 Å². The number of ketones is 1. The number of nitro groups is 1. The van der Waals surface area contributed by atoms with E-state index in [4.69, 9.17) is 9.15 Å². The van der Waals surface area contributed by atoms with Crippen LogP contribution in [0.25, 0.3) is 10.8 Å². The SMILES string of the molecule is O=C(COC(=O)c1ccc([N+](=O)[O-])o1)c1ccc2ccccc2c1. The number of fused-ring (bicyclic) bond motifs is 1. The Morgan fingerprint density at radius 2 is 1.79 bits per heavy atom. The highest BCUT2D eigenvalue weighted by molar-refractivity contribution is 6.01. The second-order valence-electron chi connectivity index (χ2n) is 4.96. The number of hydrogen-bond acceptors (Lipinski definition) is 6. The molecule has 1 aromatic heterocycles. The normalized spacial score (nSPS) is 10.5. The number of hydrogen-bond donors (Lipinski definition) is 0. The standard InChI is InChI=1S/C17H11NO6/c19-14(13-6-5-11-3-1-2-4-12(11)9-13)10-23-17(20)15-7-8-16(24-15)18(21)22/h1-9H,10H2. The van der Waals surface area contributed by atoms with E-state index in [0.29, 0.717) is 5.56 Å². The molecule has 0 aliphatic rings. The zero-order valence-corrected chi connectivity index (χ0v) is 12.3. The van der Waals surface area contributed by atoms with Gasteiger partial charge >= 0.3 is 11.9 Å². The number of esters is 1. The fourth-order valence-corrected chi connectivity index (χ4v) is 2.18. The van der Waals surface area contributed by atoms with Crippen LogP contribution < -0.4 is 0 Å². The van der Waals surface area contributed by atoms with Crippen LogP contribution in [0.3, 0.4) is 0 Å². The summed E-state index contributed by atoms with van der Waals surface area (Å²) in [6.45, 7) is -0.480. The number of nitrogens with zero attached hydrogens (tertiary/aromatic N) is 1. The lowest BCUT2D eigenvalue weighted by Crippen LogP contribution is -2.13. The zero-order valence-electron chi connectivity index (χ0n) is 12.3. The van der Waals surface area contributed by atoms with Crippen molar-refractivity contribution in [1.82, 2.24) is 0 Å². The van der Waals surface area contributed by atoms with Gasteiger partial charge in [0.25, 0.3) is 0 Å². The molecule has 3 aromatic rings. The maximum absolute atomic E-state index is 12.1. The largest absolute Gasteiger partial charge is 0.451 e. The third kappa shape index (κ3) is 3.14. The Balaban J connectivity index is 1.67. The molecular weight excluding hydrogens is 314 g/mol. The van der Waals surface area contributed by atoms with Crippen LogP contribution in [0.4, 0.5) is 5.88 Å². The summed E-state index contributed by atoms with van der Waals surface area (Å²) in [5.41, 5.74) is 0.409. The highest BCUT2D eigenvalue weighted by Crippen LogP contribution is 2.18. The minimum atomic E-state index is -0.933. The summed E-state index contributed by atoms with van der Waals surface area (Å²) in [7, 11) is 0. The molecule has 0 saturated heterocycles. The van der Waals surface area contributed by atoms with Gasteiger partial charge in [0.05, 0.1) is 6.07 Å². The summed E-state index contributed by atoms with van der Waals surface area (Å²) in [4.78, 5) is 33.6. The molecule has 0 unspecified atom stereocenters. The van der Waals surface area contributed by atoms with Gasteiger partial charge in [0.1, 0.15) is 4.92 Å². The maximum Gasteiger partial charge on any atom is 0.433 e.